The molecule has 0 aliphatic rings. The number of aromatic nitrogens is 1. The fourth-order valence-corrected chi connectivity index (χ4v) is 3.42. The molecule has 24 heavy (non-hydrogen) atoms. The van der Waals surface area contributed by atoms with Gasteiger partial charge < -0.3 is 4.74 Å². The number of nitrogens with zero attached hydrogens (tertiary/aromatic N) is 1. The summed E-state index contributed by atoms with van der Waals surface area (Å²) in [5.41, 5.74) is 0.742. The number of ether oxygens (including phenoxy) is 1. The van der Waals surface area contributed by atoms with Gasteiger partial charge in [0.25, 0.3) is 10.0 Å². The van der Waals surface area contributed by atoms with Crippen molar-refractivity contribution < 1.29 is 13.2 Å². The van der Waals surface area contributed by atoms with Gasteiger partial charge in [-0.05, 0) is 43.2 Å². The van der Waals surface area contributed by atoms with E-state index in [1.165, 1.54) is 18.3 Å². The molecule has 0 aliphatic carbocycles. The number of pyridine rings is 1. The summed E-state index contributed by atoms with van der Waals surface area (Å²) < 4.78 is 33.4. The summed E-state index contributed by atoms with van der Waals surface area (Å²) in [4.78, 5) is 3.92. The number of aryl methyl sites for hydroxylation is 1. The molecule has 1 N–H and O–H groups in total. The lowest BCUT2D eigenvalue weighted by Gasteiger charge is -2.14. The lowest BCUT2D eigenvalue weighted by Crippen LogP contribution is -2.15. The molecule has 5 nitrogen and oxygen atoms in total. The second-order valence-electron chi connectivity index (χ2n) is 5.22. The van der Waals surface area contributed by atoms with Crippen molar-refractivity contribution in [2.75, 3.05) is 11.3 Å². The molecule has 8 heteroatoms. The Morgan fingerprint density at radius 3 is 2.62 bits per heavy atom. The predicted molar refractivity (Wildman–Crippen MR) is 96.6 cm³/mol. The van der Waals surface area contributed by atoms with E-state index in [1.807, 2.05) is 6.92 Å². The fourth-order valence-electron chi connectivity index (χ4n) is 1.91. The molecule has 2 aromatic rings. The minimum atomic E-state index is -3.90. The molecule has 130 valence electrons. The van der Waals surface area contributed by atoms with Crippen molar-refractivity contribution in [2.45, 2.75) is 31.6 Å². The molecule has 0 atom stereocenters. The largest absolute Gasteiger partial charge is 0.492 e. The minimum Gasteiger partial charge on any atom is -0.492 e. The van der Waals surface area contributed by atoms with Gasteiger partial charge in [0.1, 0.15) is 16.5 Å². The second kappa shape index (κ2) is 8.05. The smallest absolute Gasteiger partial charge is 0.266 e. The zero-order valence-corrected chi connectivity index (χ0v) is 15.7. The number of benzene rings is 1. The van der Waals surface area contributed by atoms with Gasteiger partial charge in [-0.25, -0.2) is 13.4 Å². The Bertz CT molecular complexity index is 809. The Morgan fingerprint density at radius 1 is 1.25 bits per heavy atom. The fraction of sp³-hybridized carbons (Fsp3) is 0.312. The topological polar surface area (TPSA) is 68.3 Å². The number of unbranched alkanes of at least 4 members (excludes halogenated alkanes) is 1. The van der Waals surface area contributed by atoms with Crippen LogP contribution in [0.15, 0.2) is 35.4 Å². The summed E-state index contributed by atoms with van der Waals surface area (Å²) in [6, 6.07) is 6.04. The van der Waals surface area contributed by atoms with Gasteiger partial charge in [-0.15, -0.1) is 0 Å². The third-order valence-corrected chi connectivity index (χ3v) is 5.24. The molecule has 0 radical (unpaired) electrons. The van der Waals surface area contributed by atoms with Crippen LogP contribution in [0.2, 0.25) is 10.0 Å². The monoisotopic (exact) mass is 388 g/mol. The summed E-state index contributed by atoms with van der Waals surface area (Å²) in [6.07, 6.45) is 3.13. The van der Waals surface area contributed by atoms with Crippen LogP contribution >= 0.6 is 23.2 Å². The number of halogens is 2. The van der Waals surface area contributed by atoms with Crippen molar-refractivity contribution in [3.63, 3.8) is 0 Å². The van der Waals surface area contributed by atoms with E-state index in [0.29, 0.717) is 16.7 Å². The number of rotatable bonds is 7. The van der Waals surface area contributed by atoms with E-state index in [1.54, 1.807) is 19.1 Å². The van der Waals surface area contributed by atoms with Gasteiger partial charge in [-0.1, -0.05) is 36.5 Å². The Kier molecular flexibility index (Phi) is 6.32. The van der Waals surface area contributed by atoms with Crippen molar-refractivity contribution >= 4 is 39.0 Å². The summed E-state index contributed by atoms with van der Waals surface area (Å²) in [7, 11) is -3.90. The highest BCUT2D eigenvalue weighted by atomic mass is 35.5. The molecule has 0 saturated carbocycles. The van der Waals surface area contributed by atoms with Crippen LogP contribution in [0, 0.1) is 6.92 Å². The van der Waals surface area contributed by atoms with E-state index < -0.39 is 10.0 Å². The van der Waals surface area contributed by atoms with Gasteiger partial charge >= 0.3 is 0 Å². The van der Waals surface area contributed by atoms with Gasteiger partial charge in [0.2, 0.25) is 0 Å². The highest BCUT2D eigenvalue weighted by Gasteiger charge is 2.22. The third kappa shape index (κ3) is 4.75. The van der Waals surface area contributed by atoms with Gasteiger partial charge in [0.05, 0.1) is 11.6 Å². The molecule has 2 rings (SSSR count). The first-order valence-corrected chi connectivity index (χ1v) is 9.64. The average Bonchev–Trinajstić information content (AvgIpc) is 2.52. The van der Waals surface area contributed by atoms with Crippen molar-refractivity contribution in [3.8, 4) is 5.75 Å². The van der Waals surface area contributed by atoms with E-state index in [2.05, 4.69) is 9.71 Å². The van der Waals surface area contributed by atoms with Crippen LogP contribution in [0.4, 0.5) is 5.82 Å². The number of sulfonamides is 1. The number of hydrogen-bond acceptors (Lipinski definition) is 4. The number of hydrogen-bond donors (Lipinski definition) is 1. The van der Waals surface area contributed by atoms with Crippen molar-refractivity contribution in [1.82, 2.24) is 4.98 Å². The predicted octanol–water partition coefficient (Wildman–Crippen LogP) is 4.68. The van der Waals surface area contributed by atoms with Crippen LogP contribution < -0.4 is 9.46 Å². The third-order valence-electron chi connectivity index (χ3n) is 3.24. The highest BCUT2D eigenvalue weighted by Crippen LogP contribution is 2.31. The van der Waals surface area contributed by atoms with E-state index in [4.69, 9.17) is 27.9 Å². The molecule has 0 aliphatic heterocycles. The van der Waals surface area contributed by atoms with E-state index in [0.717, 1.165) is 18.4 Å². The van der Waals surface area contributed by atoms with E-state index >= 15 is 0 Å². The summed E-state index contributed by atoms with van der Waals surface area (Å²) >= 11 is 11.9. The van der Waals surface area contributed by atoms with Crippen molar-refractivity contribution in [1.29, 1.82) is 0 Å². The summed E-state index contributed by atoms with van der Waals surface area (Å²) in [5, 5.41) is 0.766. The van der Waals surface area contributed by atoms with Gasteiger partial charge in [-0.3, -0.25) is 4.72 Å². The maximum absolute atomic E-state index is 12.7. The summed E-state index contributed by atoms with van der Waals surface area (Å²) in [5.74, 6) is 0.433. The minimum absolute atomic E-state index is 0.0223. The normalized spacial score (nSPS) is 11.3. The van der Waals surface area contributed by atoms with Gasteiger partial charge in [0.15, 0.2) is 0 Å². The standard InChI is InChI=1S/C16H18Cl2N2O3S/c1-3-4-7-23-14-8-11(2)13(18)9-15(14)24(21,22)20-16-6-5-12(17)10-19-16/h5-6,8-10H,3-4,7H2,1-2H3,(H,19,20). The molecule has 0 fully saturated rings. The molecule has 0 amide bonds. The molecule has 0 bridgehead atoms. The van der Waals surface area contributed by atoms with Crippen LogP contribution in [0.25, 0.3) is 0 Å². The zero-order chi connectivity index (χ0) is 17.7. The molecule has 0 saturated heterocycles. The average molecular weight is 389 g/mol. The molecule has 0 spiro atoms. The van der Waals surface area contributed by atoms with Crippen LogP contribution in [0.3, 0.4) is 0 Å². The Hall–Kier alpha value is -1.50. The Balaban J connectivity index is 2.36. The zero-order valence-electron chi connectivity index (χ0n) is 13.3. The first kappa shape index (κ1) is 18.8. The Labute approximate surface area is 152 Å². The van der Waals surface area contributed by atoms with E-state index in [9.17, 15) is 8.42 Å². The quantitative estimate of drug-likeness (QED) is 0.699. The number of nitrogens with one attached hydrogen (secondary N) is 1. The first-order chi connectivity index (χ1) is 11.3. The Morgan fingerprint density at radius 2 is 2.00 bits per heavy atom. The molecular weight excluding hydrogens is 371 g/mol. The molecular formula is C16H18Cl2N2O3S. The molecule has 1 heterocycles. The maximum Gasteiger partial charge on any atom is 0.266 e. The highest BCUT2D eigenvalue weighted by molar-refractivity contribution is 7.92. The molecule has 1 aromatic carbocycles. The van der Waals surface area contributed by atoms with Gasteiger partial charge in [0, 0.05) is 11.2 Å². The second-order valence-corrected chi connectivity index (χ2v) is 7.71. The molecule has 0 unspecified atom stereocenters. The van der Waals surface area contributed by atoms with Crippen LogP contribution in [-0.2, 0) is 10.0 Å². The SMILES string of the molecule is CCCCOc1cc(C)c(Cl)cc1S(=O)(=O)Nc1ccc(Cl)cn1. The first-order valence-electron chi connectivity index (χ1n) is 7.41. The van der Waals surface area contributed by atoms with E-state index in [-0.39, 0.29) is 16.5 Å². The maximum atomic E-state index is 12.7. The lowest BCUT2D eigenvalue weighted by atomic mass is 10.2. The molecule has 1 aromatic heterocycles. The van der Waals surface area contributed by atoms with Crippen molar-refractivity contribution in [2.24, 2.45) is 0 Å². The van der Waals surface area contributed by atoms with Crippen LogP contribution in [0.1, 0.15) is 25.3 Å². The van der Waals surface area contributed by atoms with Crippen LogP contribution in [0.5, 0.6) is 5.75 Å². The van der Waals surface area contributed by atoms with Crippen LogP contribution in [-0.4, -0.2) is 20.0 Å². The van der Waals surface area contributed by atoms with Crippen molar-refractivity contribution in [3.05, 3.63) is 46.1 Å². The number of anilines is 1. The summed E-state index contributed by atoms with van der Waals surface area (Å²) in [6.45, 7) is 4.25. The lowest BCUT2D eigenvalue weighted by molar-refractivity contribution is 0.301. The van der Waals surface area contributed by atoms with Gasteiger partial charge in [-0.2, -0.15) is 0 Å².